The Hall–Kier alpha value is -1.59. The van der Waals surface area contributed by atoms with Crippen molar-refractivity contribution in [2.75, 3.05) is 0 Å². The van der Waals surface area contributed by atoms with Gasteiger partial charge in [-0.05, 0) is 12.1 Å². The molecule has 0 radical (unpaired) electrons. The van der Waals surface area contributed by atoms with E-state index < -0.39 is 0 Å². The molecule has 0 bridgehead atoms. The third-order valence-corrected chi connectivity index (χ3v) is 3.89. The average molecular weight is 259 g/mol. The quantitative estimate of drug-likeness (QED) is 0.823. The predicted octanol–water partition coefficient (Wildman–Crippen LogP) is 1.67. The van der Waals surface area contributed by atoms with Crippen LogP contribution in [0.4, 0.5) is 0 Å². The number of benzene rings is 1. The zero-order valence-corrected chi connectivity index (χ0v) is 10.6. The number of thioether (sulfide) groups is 1. The summed E-state index contributed by atoms with van der Waals surface area (Å²) in [5, 5.41) is 3.14. The lowest BCUT2D eigenvalue weighted by atomic mass is 10.3. The van der Waals surface area contributed by atoms with E-state index in [-0.39, 0.29) is 5.56 Å². The summed E-state index contributed by atoms with van der Waals surface area (Å²) < 4.78 is 0. The van der Waals surface area contributed by atoms with E-state index in [4.69, 9.17) is 0 Å². The second-order valence-corrected chi connectivity index (χ2v) is 5.19. The van der Waals surface area contributed by atoms with Gasteiger partial charge in [-0.2, -0.15) is 0 Å². The molecule has 1 aromatic heterocycles. The lowest BCUT2D eigenvalue weighted by Gasteiger charge is -2.03. The van der Waals surface area contributed by atoms with Crippen molar-refractivity contribution < 1.29 is 0 Å². The van der Waals surface area contributed by atoms with Crippen LogP contribution in [-0.4, -0.2) is 9.97 Å². The molecule has 0 saturated carbocycles. The van der Waals surface area contributed by atoms with Crippen LogP contribution in [0, 0.1) is 0 Å². The lowest BCUT2D eigenvalue weighted by Crippen LogP contribution is -2.17. The largest absolute Gasteiger partial charge is 0.310 e. The summed E-state index contributed by atoms with van der Waals surface area (Å²) in [6, 6.07) is 10.1. The Bertz CT molecular complexity index is 609. The van der Waals surface area contributed by atoms with Crippen molar-refractivity contribution in [3.63, 3.8) is 0 Å². The normalized spacial score (nSPS) is 13.6. The van der Waals surface area contributed by atoms with E-state index in [2.05, 4.69) is 27.4 Å². The van der Waals surface area contributed by atoms with Crippen molar-refractivity contribution in [3.8, 4) is 0 Å². The highest BCUT2D eigenvalue weighted by atomic mass is 32.2. The van der Waals surface area contributed by atoms with Crippen LogP contribution < -0.4 is 10.9 Å². The molecule has 0 spiro atoms. The summed E-state index contributed by atoms with van der Waals surface area (Å²) in [7, 11) is 0. The molecule has 1 aliphatic rings. The summed E-state index contributed by atoms with van der Waals surface area (Å²) in [5.41, 5.74) is 1.67. The fraction of sp³-hybridized carbons (Fsp3) is 0.231. The van der Waals surface area contributed by atoms with Gasteiger partial charge in [-0.25, -0.2) is 4.98 Å². The highest BCUT2D eigenvalue weighted by Crippen LogP contribution is 2.20. The zero-order valence-electron chi connectivity index (χ0n) is 9.77. The van der Waals surface area contributed by atoms with Gasteiger partial charge in [0.2, 0.25) is 0 Å². The molecule has 2 aromatic rings. The maximum absolute atomic E-state index is 11.8. The highest BCUT2D eigenvalue weighted by molar-refractivity contribution is 7.98. The number of H-pyrrole nitrogens is 1. The molecule has 2 N–H and O–H groups in total. The molecule has 0 aliphatic carbocycles. The molecular weight excluding hydrogens is 246 g/mol. The van der Waals surface area contributed by atoms with Gasteiger partial charge in [0.05, 0.1) is 17.0 Å². The predicted molar refractivity (Wildman–Crippen MR) is 71.4 cm³/mol. The molecule has 92 valence electrons. The van der Waals surface area contributed by atoms with Gasteiger partial charge in [0.15, 0.2) is 0 Å². The van der Waals surface area contributed by atoms with Crippen molar-refractivity contribution >= 4 is 11.8 Å². The fourth-order valence-corrected chi connectivity index (χ4v) is 2.76. The molecule has 1 aliphatic heterocycles. The maximum atomic E-state index is 11.8. The van der Waals surface area contributed by atoms with Gasteiger partial charge < -0.3 is 10.3 Å². The first-order valence-electron chi connectivity index (χ1n) is 5.82. The van der Waals surface area contributed by atoms with Crippen LogP contribution in [0.5, 0.6) is 0 Å². The number of aromatic amines is 1. The van der Waals surface area contributed by atoms with Gasteiger partial charge in [-0.3, -0.25) is 4.79 Å². The standard InChI is InChI=1S/C13H13N3OS/c17-13-10-6-14-7-11(10)15-12(16-13)8-18-9-4-2-1-3-5-9/h1-5,14H,6-8H2,(H,15,16,17). The molecule has 1 aromatic carbocycles. The third kappa shape index (κ3) is 2.32. The Morgan fingerprint density at radius 1 is 1.22 bits per heavy atom. The Morgan fingerprint density at radius 2 is 2.06 bits per heavy atom. The van der Waals surface area contributed by atoms with Crippen molar-refractivity contribution in [2.24, 2.45) is 0 Å². The van der Waals surface area contributed by atoms with Crippen molar-refractivity contribution in [3.05, 3.63) is 57.8 Å². The number of fused-ring (bicyclic) bond motifs is 1. The number of aromatic nitrogens is 2. The monoisotopic (exact) mass is 259 g/mol. The number of hydrogen-bond acceptors (Lipinski definition) is 4. The van der Waals surface area contributed by atoms with E-state index in [0.29, 0.717) is 18.8 Å². The summed E-state index contributed by atoms with van der Waals surface area (Å²) in [4.78, 5) is 20.3. The molecule has 5 heteroatoms. The molecular formula is C13H13N3OS. The summed E-state index contributed by atoms with van der Waals surface area (Å²) in [6.07, 6.45) is 0. The van der Waals surface area contributed by atoms with Crippen LogP contribution in [-0.2, 0) is 18.8 Å². The summed E-state index contributed by atoms with van der Waals surface area (Å²) in [6.45, 7) is 1.33. The molecule has 0 saturated heterocycles. The molecule has 0 amide bonds. The Kier molecular flexibility index (Phi) is 3.17. The first kappa shape index (κ1) is 11.5. The lowest BCUT2D eigenvalue weighted by molar-refractivity contribution is 0.756. The molecule has 18 heavy (non-hydrogen) atoms. The molecule has 4 nitrogen and oxygen atoms in total. The number of nitrogens with zero attached hydrogens (tertiary/aromatic N) is 1. The molecule has 3 rings (SSSR count). The summed E-state index contributed by atoms with van der Waals surface area (Å²) >= 11 is 1.67. The number of hydrogen-bond donors (Lipinski definition) is 2. The van der Waals surface area contributed by atoms with E-state index in [0.717, 1.165) is 17.1 Å². The Balaban J connectivity index is 1.78. The minimum Gasteiger partial charge on any atom is -0.310 e. The zero-order chi connectivity index (χ0) is 12.4. The van der Waals surface area contributed by atoms with Crippen molar-refractivity contribution in [2.45, 2.75) is 23.7 Å². The van der Waals surface area contributed by atoms with Gasteiger partial charge in [-0.15, -0.1) is 11.8 Å². The maximum Gasteiger partial charge on any atom is 0.255 e. The second kappa shape index (κ2) is 4.96. The van der Waals surface area contributed by atoms with E-state index in [9.17, 15) is 4.79 Å². The molecule has 0 unspecified atom stereocenters. The van der Waals surface area contributed by atoms with Crippen LogP contribution in [0.2, 0.25) is 0 Å². The van der Waals surface area contributed by atoms with E-state index in [1.54, 1.807) is 11.8 Å². The van der Waals surface area contributed by atoms with Crippen molar-refractivity contribution in [1.29, 1.82) is 0 Å². The van der Waals surface area contributed by atoms with E-state index >= 15 is 0 Å². The van der Waals surface area contributed by atoms with Crippen LogP contribution in [0.25, 0.3) is 0 Å². The van der Waals surface area contributed by atoms with Gasteiger partial charge in [-0.1, -0.05) is 18.2 Å². The van der Waals surface area contributed by atoms with Gasteiger partial charge in [0, 0.05) is 18.0 Å². The fourth-order valence-electron chi connectivity index (χ4n) is 1.97. The highest BCUT2D eigenvalue weighted by Gasteiger charge is 2.16. The summed E-state index contributed by atoms with van der Waals surface area (Å²) in [5.74, 6) is 1.43. The minimum absolute atomic E-state index is 0.00587. The smallest absolute Gasteiger partial charge is 0.255 e. The molecule has 0 fully saturated rings. The van der Waals surface area contributed by atoms with Crippen molar-refractivity contribution in [1.82, 2.24) is 15.3 Å². The van der Waals surface area contributed by atoms with Crippen LogP contribution in [0.15, 0.2) is 40.0 Å². The van der Waals surface area contributed by atoms with Gasteiger partial charge in [0.1, 0.15) is 5.82 Å². The second-order valence-electron chi connectivity index (χ2n) is 4.14. The Morgan fingerprint density at radius 3 is 2.89 bits per heavy atom. The van der Waals surface area contributed by atoms with Gasteiger partial charge in [0.25, 0.3) is 5.56 Å². The SMILES string of the molecule is O=c1[nH]c(CSc2ccccc2)nc2c1CNC2. The number of nitrogens with one attached hydrogen (secondary N) is 2. The first-order valence-corrected chi connectivity index (χ1v) is 6.81. The van der Waals surface area contributed by atoms with E-state index in [1.165, 1.54) is 4.90 Å². The van der Waals surface area contributed by atoms with Crippen LogP contribution >= 0.6 is 11.8 Å². The first-order chi connectivity index (χ1) is 8.83. The topological polar surface area (TPSA) is 57.8 Å². The Labute approximate surface area is 109 Å². The third-order valence-electron chi connectivity index (χ3n) is 2.86. The average Bonchev–Trinajstić information content (AvgIpc) is 2.86. The van der Waals surface area contributed by atoms with Gasteiger partial charge >= 0.3 is 0 Å². The van der Waals surface area contributed by atoms with Crippen LogP contribution in [0.1, 0.15) is 17.1 Å². The molecule has 0 atom stereocenters. The van der Waals surface area contributed by atoms with E-state index in [1.807, 2.05) is 18.2 Å². The minimum atomic E-state index is -0.00587. The van der Waals surface area contributed by atoms with Crippen LogP contribution in [0.3, 0.4) is 0 Å². The molecule has 2 heterocycles. The number of rotatable bonds is 3.